The first-order valence-electron chi connectivity index (χ1n) is 14.7. The predicted octanol–water partition coefficient (Wildman–Crippen LogP) is 5.05. The molecule has 2 heterocycles. The number of ether oxygens (including phenoxy) is 4. The van der Waals surface area contributed by atoms with Gasteiger partial charge < -0.3 is 18.9 Å². The van der Waals surface area contributed by atoms with E-state index >= 15 is 0 Å². The largest absolute Gasteiger partial charge is 0.490 e. The van der Waals surface area contributed by atoms with Gasteiger partial charge in [0, 0.05) is 5.56 Å². The number of esters is 1. The van der Waals surface area contributed by atoms with Crippen molar-refractivity contribution in [2.24, 2.45) is 4.99 Å². The zero-order valence-electron chi connectivity index (χ0n) is 25.5. The van der Waals surface area contributed by atoms with Gasteiger partial charge in [-0.1, -0.05) is 47.7 Å². The molecule has 0 saturated heterocycles. The molecule has 0 spiro atoms. The van der Waals surface area contributed by atoms with E-state index in [1.807, 2.05) is 68.4 Å². The summed E-state index contributed by atoms with van der Waals surface area (Å²) in [5.41, 5.74) is 3.34. The molecule has 5 rings (SSSR count). The van der Waals surface area contributed by atoms with Crippen LogP contribution in [0.15, 0.2) is 87.8 Å². The Labute approximate surface area is 264 Å². The van der Waals surface area contributed by atoms with Gasteiger partial charge in [0.1, 0.15) is 12.4 Å². The lowest BCUT2D eigenvalue weighted by Crippen LogP contribution is -2.40. The number of carbonyl (C=O) groups excluding carboxylic acids is 1. The van der Waals surface area contributed by atoms with Crippen molar-refractivity contribution in [3.8, 4) is 23.3 Å². The normalized spacial score (nSPS) is 14.3. The molecule has 1 aromatic heterocycles. The van der Waals surface area contributed by atoms with Crippen molar-refractivity contribution in [1.29, 1.82) is 5.26 Å². The summed E-state index contributed by atoms with van der Waals surface area (Å²) in [4.78, 5) is 32.4. The molecular formula is C35H33N3O6S. The van der Waals surface area contributed by atoms with Crippen molar-refractivity contribution in [2.75, 3.05) is 19.8 Å². The number of allylic oxidation sites excluding steroid dienone is 1. The highest BCUT2D eigenvalue weighted by Crippen LogP contribution is 2.36. The third kappa shape index (κ3) is 6.69. The van der Waals surface area contributed by atoms with E-state index in [2.05, 4.69) is 11.1 Å². The number of nitrogens with zero attached hydrogens (tertiary/aromatic N) is 3. The smallest absolute Gasteiger partial charge is 0.338 e. The van der Waals surface area contributed by atoms with Gasteiger partial charge in [0.2, 0.25) is 0 Å². The van der Waals surface area contributed by atoms with Gasteiger partial charge in [-0.15, -0.1) is 0 Å². The number of fused-ring (bicyclic) bond motifs is 1. The summed E-state index contributed by atoms with van der Waals surface area (Å²) >= 11 is 1.25. The fraction of sp³-hybridized carbons (Fsp3) is 0.257. The fourth-order valence-electron chi connectivity index (χ4n) is 5.07. The Morgan fingerprint density at radius 2 is 1.71 bits per heavy atom. The maximum atomic E-state index is 14.0. The minimum Gasteiger partial charge on any atom is -0.490 e. The van der Waals surface area contributed by atoms with E-state index in [1.54, 1.807) is 36.6 Å². The van der Waals surface area contributed by atoms with Gasteiger partial charge >= 0.3 is 5.97 Å². The van der Waals surface area contributed by atoms with Crippen molar-refractivity contribution in [1.82, 2.24) is 4.57 Å². The highest BCUT2D eigenvalue weighted by Gasteiger charge is 2.34. The highest BCUT2D eigenvalue weighted by atomic mass is 32.1. The van der Waals surface area contributed by atoms with E-state index in [0.29, 0.717) is 62.2 Å². The quantitative estimate of drug-likeness (QED) is 0.215. The first kappa shape index (κ1) is 31.3. The Hall–Kier alpha value is -5.14. The second kappa shape index (κ2) is 14.1. The Morgan fingerprint density at radius 3 is 2.42 bits per heavy atom. The summed E-state index contributed by atoms with van der Waals surface area (Å²) in [5.74, 6) is 1.21. The number of aromatic nitrogens is 1. The fourth-order valence-corrected chi connectivity index (χ4v) is 6.12. The monoisotopic (exact) mass is 623 g/mol. The summed E-state index contributed by atoms with van der Waals surface area (Å²) in [7, 11) is 0. The summed E-state index contributed by atoms with van der Waals surface area (Å²) in [6, 6.07) is 21.5. The average molecular weight is 624 g/mol. The molecule has 4 aromatic rings. The van der Waals surface area contributed by atoms with E-state index in [0.717, 1.165) is 11.1 Å². The van der Waals surface area contributed by atoms with Gasteiger partial charge in [-0.3, -0.25) is 9.36 Å². The van der Waals surface area contributed by atoms with E-state index < -0.39 is 12.0 Å². The molecule has 10 heteroatoms. The molecule has 0 N–H and O–H groups in total. The number of hydrogen-bond donors (Lipinski definition) is 0. The lowest BCUT2D eigenvalue weighted by molar-refractivity contribution is -0.139. The lowest BCUT2D eigenvalue weighted by Gasteiger charge is -2.25. The third-order valence-corrected chi connectivity index (χ3v) is 8.09. The van der Waals surface area contributed by atoms with Crippen LogP contribution in [0.1, 0.15) is 56.0 Å². The van der Waals surface area contributed by atoms with Crippen LogP contribution >= 0.6 is 11.3 Å². The number of carbonyl (C=O) groups is 1. The Balaban J connectivity index is 1.52. The van der Waals surface area contributed by atoms with Crippen molar-refractivity contribution >= 4 is 23.4 Å². The molecule has 0 aliphatic carbocycles. The molecule has 45 heavy (non-hydrogen) atoms. The highest BCUT2D eigenvalue weighted by molar-refractivity contribution is 7.07. The third-order valence-electron chi connectivity index (χ3n) is 7.11. The van der Waals surface area contributed by atoms with Crippen LogP contribution in [-0.4, -0.2) is 30.4 Å². The number of rotatable bonds is 11. The molecule has 9 nitrogen and oxygen atoms in total. The molecule has 0 fully saturated rings. The first-order chi connectivity index (χ1) is 21.9. The Bertz CT molecular complexity index is 1970. The first-order valence-corrected chi connectivity index (χ1v) is 15.5. The molecule has 1 aliphatic heterocycles. The van der Waals surface area contributed by atoms with Crippen LogP contribution in [0.5, 0.6) is 17.2 Å². The van der Waals surface area contributed by atoms with Crippen molar-refractivity contribution in [3.05, 3.63) is 120 Å². The maximum absolute atomic E-state index is 14.0. The minimum absolute atomic E-state index is 0.185. The number of benzene rings is 3. The van der Waals surface area contributed by atoms with E-state index in [4.69, 9.17) is 18.9 Å². The van der Waals surface area contributed by atoms with Crippen LogP contribution in [0.4, 0.5) is 0 Å². The van der Waals surface area contributed by atoms with Crippen LogP contribution in [0.2, 0.25) is 0 Å². The van der Waals surface area contributed by atoms with Crippen LogP contribution in [0.25, 0.3) is 6.08 Å². The SMILES string of the molecule is CCOC(=O)C1=C(C)N=c2s/c(=C\c3ccc(OCc4ccccc4C#N)cc3)c(=O)n2C1c1ccc(OCC)c(OCC)c1. The lowest BCUT2D eigenvalue weighted by atomic mass is 9.95. The van der Waals surface area contributed by atoms with E-state index in [9.17, 15) is 14.9 Å². The van der Waals surface area contributed by atoms with Gasteiger partial charge in [-0.05, 0) is 75.2 Å². The number of nitriles is 1. The van der Waals surface area contributed by atoms with Crippen LogP contribution in [0, 0.1) is 11.3 Å². The van der Waals surface area contributed by atoms with Gasteiger partial charge in [0.25, 0.3) is 5.56 Å². The van der Waals surface area contributed by atoms with Crippen LogP contribution < -0.4 is 29.1 Å². The van der Waals surface area contributed by atoms with Gasteiger partial charge in [0.15, 0.2) is 16.3 Å². The second-order valence-electron chi connectivity index (χ2n) is 10.0. The molecule has 0 bridgehead atoms. The molecule has 0 amide bonds. The number of hydrogen-bond acceptors (Lipinski definition) is 9. The predicted molar refractivity (Wildman–Crippen MR) is 171 cm³/mol. The average Bonchev–Trinajstić information content (AvgIpc) is 3.34. The van der Waals surface area contributed by atoms with Crippen molar-refractivity contribution in [3.63, 3.8) is 0 Å². The van der Waals surface area contributed by atoms with Gasteiger partial charge in [0.05, 0.1) is 53.3 Å². The molecule has 1 aliphatic rings. The zero-order valence-corrected chi connectivity index (χ0v) is 26.3. The van der Waals surface area contributed by atoms with E-state index in [-0.39, 0.29) is 18.8 Å². The molecule has 1 atom stereocenters. The van der Waals surface area contributed by atoms with Crippen molar-refractivity contribution in [2.45, 2.75) is 40.3 Å². The minimum atomic E-state index is -0.774. The zero-order chi connectivity index (χ0) is 31.9. The van der Waals surface area contributed by atoms with E-state index in [1.165, 1.54) is 11.3 Å². The second-order valence-corrected chi connectivity index (χ2v) is 11.0. The van der Waals surface area contributed by atoms with Gasteiger partial charge in [-0.25, -0.2) is 9.79 Å². The number of thiazole rings is 1. The summed E-state index contributed by atoms with van der Waals surface area (Å²) in [6.45, 7) is 8.60. The summed E-state index contributed by atoms with van der Waals surface area (Å²) in [6.07, 6.45) is 1.79. The molecule has 0 radical (unpaired) electrons. The van der Waals surface area contributed by atoms with Crippen molar-refractivity contribution < 1.29 is 23.7 Å². The molecule has 0 saturated carbocycles. The maximum Gasteiger partial charge on any atom is 0.338 e. The van der Waals surface area contributed by atoms with Crippen LogP contribution in [0.3, 0.4) is 0 Å². The Kier molecular flexibility index (Phi) is 9.80. The topological polar surface area (TPSA) is 112 Å². The van der Waals surface area contributed by atoms with Gasteiger partial charge in [-0.2, -0.15) is 5.26 Å². The Morgan fingerprint density at radius 1 is 0.978 bits per heavy atom. The summed E-state index contributed by atoms with van der Waals surface area (Å²) < 4.78 is 24.9. The summed E-state index contributed by atoms with van der Waals surface area (Å²) in [5, 5.41) is 9.32. The standard InChI is InChI=1S/C35H33N3O6S/c1-5-41-28-17-14-24(19-29(28)42-6-2)32-31(34(40)43-7-3)22(4)37-35-38(32)33(39)30(45-35)18-23-12-15-27(16-13-23)44-21-26-11-9-8-10-25(26)20-36/h8-19,32H,5-7,21H2,1-4H3/b30-18-. The molecule has 1 unspecified atom stereocenters. The molecule has 3 aromatic carbocycles. The molecule has 230 valence electrons. The molecular weight excluding hydrogens is 590 g/mol. The van der Waals surface area contributed by atoms with Crippen LogP contribution in [-0.2, 0) is 16.1 Å².